The molecule has 0 bridgehead atoms. The largest absolute Gasteiger partial charge is 0.469 e. The first-order valence-electron chi connectivity index (χ1n) is 5.81. The number of hydrogen-bond acceptors (Lipinski definition) is 4. The number of thioether (sulfide) groups is 1. The summed E-state index contributed by atoms with van der Waals surface area (Å²) in [6.45, 7) is 6.23. The van der Waals surface area contributed by atoms with E-state index in [9.17, 15) is 4.79 Å². The molecular weight excluding hydrogens is 222 g/mol. The third-order valence-electron chi connectivity index (χ3n) is 3.88. The maximum absolute atomic E-state index is 11.6. The van der Waals surface area contributed by atoms with Gasteiger partial charge in [-0.15, -0.1) is 0 Å². The Kier molecular flexibility index (Phi) is 4.29. The van der Waals surface area contributed by atoms with Gasteiger partial charge < -0.3 is 10.5 Å². The quantitative estimate of drug-likeness (QED) is 0.774. The van der Waals surface area contributed by atoms with Crippen LogP contribution in [0, 0.1) is 5.41 Å². The molecule has 1 aliphatic rings. The number of nitrogens with two attached hydrogens (primary N) is 1. The van der Waals surface area contributed by atoms with Crippen molar-refractivity contribution >= 4 is 17.7 Å². The van der Waals surface area contributed by atoms with Gasteiger partial charge in [-0.25, -0.2) is 0 Å². The Morgan fingerprint density at radius 1 is 1.62 bits per heavy atom. The van der Waals surface area contributed by atoms with Crippen LogP contribution in [0.1, 0.15) is 40.0 Å². The molecule has 0 amide bonds. The molecule has 1 saturated heterocycles. The molecule has 1 fully saturated rings. The molecule has 2 N–H and O–H groups in total. The van der Waals surface area contributed by atoms with Gasteiger partial charge in [0.1, 0.15) is 0 Å². The van der Waals surface area contributed by atoms with Crippen molar-refractivity contribution in [2.75, 3.05) is 12.9 Å². The first-order chi connectivity index (χ1) is 7.33. The SMILES string of the molecule is COC(=O)CC1(C(C)(C)N)CCCSC1C. The Morgan fingerprint density at radius 3 is 2.69 bits per heavy atom. The third kappa shape index (κ3) is 2.54. The minimum Gasteiger partial charge on any atom is -0.469 e. The normalized spacial score (nSPS) is 31.2. The van der Waals surface area contributed by atoms with Gasteiger partial charge in [0.15, 0.2) is 0 Å². The van der Waals surface area contributed by atoms with Crippen molar-refractivity contribution in [1.29, 1.82) is 0 Å². The van der Waals surface area contributed by atoms with Gasteiger partial charge in [-0.2, -0.15) is 11.8 Å². The van der Waals surface area contributed by atoms with Crippen molar-refractivity contribution in [3.63, 3.8) is 0 Å². The maximum atomic E-state index is 11.6. The van der Waals surface area contributed by atoms with E-state index in [0.29, 0.717) is 11.7 Å². The van der Waals surface area contributed by atoms with Gasteiger partial charge in [0.2, 0.25) is 0 Å². The fourth-order valence-corrected chi connectivity index (χ4v) is 4.13. The van der Waals surface area contributed by atoms with Crippen LogP contribution in [0.5, 0.6) is 0 Å². The van der Waals surface area contributed by atoms with Gasteiger partial charge >= 0.3 is 5.97 Å². The molecule has 2 unspecified atom stereocenters. The van der Waals surface area contributed by atoms with Crippen LogP contribution in [-0.4, -0.2) is 29.6 Å². The van der Waals surface area contributed by atoms with E-state index in [1.807, 2.05) is 25.6 Å². The molecule has 94 valence electrons. The molecule has 4 heteroatoms. The number of carbonyl (C=O) groups is 1. The lowest BCUT2D eigenvalue weighted by Gasteiger charge is -2.50. The lowest BCUT2D eigenvalue weighted by Crippen LogP contribution is -2.57. The maximum Gasteiger partial charge on any atom is 0.306 e. The Bertz CT molecular complexity index is 262. The highest BCUT2D eigenvalue weighted by Crippen LogP contribution is 2.49. The Balaban J connectivity index is 2.96. The zero-order chi connectivity index (χ0) is 12.4. The number of methoxy groups -OCH3 is 1. The summed E-state index contributed by atoms with van der Waals surface area (Å²) in [4.78, 5) is 11.6. The minimum absolute atomic E-state index is 0.136. The summed E-state index contributed by atoms with van der Waals surface area (Å²) in [7, 11) is 1.44. The summed E-state index contributed by atoms with van der Waals surface area (Å²) in [6, 6.07) is 0. The van der Waals surface area contributed by atoms with Crippen LogP contribution in [-0.2, 0) is 9.53 Å². The number of esters is 1. The molecule has 0 saturated carbocycles. The van der Waals surface area contributed by atoms with Crippen LogP contribution in [0.4, 0.5) is 0 Å². The topological polar surface area (TPSA) is 52.3 Å². The van der Waals surface area contributed by atoms with Crippen LogP contribution >= 0.6 is 11.8 Å². The van der Waals surface area contributed by atoms with Gasteiger partial charge in [0, 0.05) is 16.2 Å². The van der Waals surface area contributed by atoms with Gasteiger partial charge in [-0.3, -0.25) is 4.79 Å². The summed E-state index contributed by atoms with van der Waals surface area (Å²) in [5.74, 6) is 1.02. The van der Waals surface area contributed by atoms with E-state index in [1.165, 1.54) is 12.9 Å². The monoisotopic (exact) mass is 245 g/mol. The molecule has 0 aliphatic carbocycles. The number of ether oxygens (including phenoxy) is 1. The van der Waals surface area contributed by atoms with Crippen molar-refractivity contribution in [3.05, 3.63) is 0 Å². The van der Waals surface area contributed by atoms with E-state index in [2.05, 4.69) is 6.92 Å². The second kappa shape index (κ2) is 4.96. The Hall–Kier alpha value is -0.220. The van der Waals surface area contributed by atoms with Crippen LogP contribution in [0.2, 0.25) is 0 Å². The Labute approximate surface area is 102 Å². The van der Waals surface area contributed by atoms with E-state index >= 15 is 0 Å². The molecule has 0 spiro atoms. The summed E-state index contributed by atoms with van der Waals surface area (Å²) >= 11 is 1.92. The summed E-state index contributed by atoms with van der Waals surface area (Å²) < 4.78 is 4.82. The highest BCUT2D eigenvalue weighted by molar-refractivity contribution is 7.99. The molecule has 0 aromatic rings. The molecule has 3 nitrogen and oxygen atoms in total. The number of hydrogen-bond donors (Lipinski definition) is 1. The van der Waals surface area contributed by atoms with Crippen molar-refractivity contribution in [2.45, 2.75) is 50.8 Å². The molecule has 0 aromatic heterocycles. The molecule has 1 aliphatic heterocycles. The predicted molar refractivity (Wildman–Crippen MR) is 68.5 cm³/mol. The molecule has 0 aromatic carbocycles. The molecule has 1 rings (SSSR count). The first kappa shape index (κ1) is 13.8. The lowest BCUT2D eigenvalue weighted by atomic mass is 9.64. The smallest absolute Gasteiger partial charge is 0.306 e. The average molecular weight is 245 g/mol. The van der Waals surface area contributed by atoms with E-state index in [0.717, 1.165) is 12.8 Å². The standard InChI is InChI=1S/C12H23NO2S/c1-9-12(11(2,3)13,6-5-7-16-9)8-10(14)15-4/h9H,5-8,13H2,1-4H3. The van der Waals surface area contributed by atoms with Gasteiger partial charge in [-0.05, 0) is 32.4 Å². The fraction of sp³-hybridized carbons (Fsp3) is 0.917. The van der Waals surface area contributed by atoms with E-state index in [4.69, 9.17) is 10.5 Å². The van der Waals surface area contributed by atoms with E-state index < -0.39 is 0 Å². The molecular formula is C12H23NO2S. The van der Waals surface area contributed by atoms with E-state index in [-0.39, 0.29) is 16.9 Å². The molecule has 0 radical (unpaired) electrons. The zero-order valence-corrected chi connectivity index (χ0v) is 11.5. The van der Waals surface area contributed by atoms with Crippen molar-refractivity contribution < 1.29 is 9.53 Å². The van der Waals surface area contributed by atoms with Crippen molar-refractivity contribution in [3.8, 4) is 0 Å². The zero-order valence-electron chi connectivity index (χ0n) is 10.7. The van der Waals surface area contributed by atoms with Gasteiger partial charge in [0.25, 0.3) is 0 Å². The number of rotatable bonds is 3. The third-order valence-corrected chi connectivity index (χ3v) is 5.36. The lowest BCUT2D eigenvalue weighted by molar-refractivity contribution is -0.145. The average Bonchev–Trinajstić information content (AvgIpc) is 2.19. The summed E-state index contributed by atoms with van der Waals surface area (Å²) in [6.07, 6.45) is 2.58. The van der Waals surface area contributed by atoms with Crippen LogP contribution in [0.3, 0.4) is 0 Å². The van der Waals surface area contributed by atoms with Gasteiger partial charge in [0.05, 0.1) is 13.5 Å². The van der Waals surface area contributed by atoms with Crippen LogP contribution < -0.4 is 5.73 Å². The first-order valence-corrected chi connectivity index (χ1v) is 6.85. The number of carbonyl (C=O) groups excluding carboxylic acids is 1. The van der Waals surface area contributed by atoms with Crippen molar-refractivity contribution in [1.82, 2.24) is 0 Å². The van der Waals surface area contributed by atoms with E-state index in [1.54, 1.807) is 0 Å². The molecule has 2 atom stereocenters. The second-order valence-corrected chi connectivity index (χ2v) is 6.70. The Morgan fingerprint density at radius 2 is 2.25 bits per heavy atom. The van der Waals surface area contributed by atoms with Gasteiger partial charge in [-0.1, -0.05) is 6.92 Å². The summed E-state index contributed by atoms with van der Waals surface area (Å²) in [5.41, 5.74) is 5.83. The fourth-order valence-electron chi connectivity index (χ4n) is 2.65. The highest BCUT2D eigenvalue weighted by atomic mass is 32.2. The van der Waals surface area contributed by atoms with Crippen molar-refractivity contribution in [2.24, 2.45) is 11.1 Å². The predicted octanol–water partition coefficient (Wildman–Crippen LogP) is 2.19. The highest BCUT2D eigenvalue weighted by Gasteiger charge is 2.49. The molecule has 16 heavy (non-hydrogen) atoms. The summed E-state index contributed by atoms with van der Waals surface area (Å²) in [5, 5.41) is 0.403. The van der Waals surface area contributed by atoms with Crippen LogP contribution in [0.25, 0.3) is 0 Å². The molecule has 1 heterocycles. The minimum atomic E-state index is -0.353. The van der Waals surface area contributed by atoms with Crippen LogP contribution in [0.15, 0.2) is 0 Å². The second-order valence-electron chi connectivity index (χ2n) is 5.25.